The molecule has 2 fully saturated rings. The van der Waals surface area contributed by atoms with Gasteiger partial charge in [-0.25, -0.2) is 9.48 Å². The number of rotatable bonds is 5. The lowest BCUT2D eigenvalue weighted by molar-refractivity contribution is -0.144. The first kappa shape index (κ1) is 26.8. The minimum atomic E-state index is -0.699. The molecular formula is C25H34ClN7O4. The fourth-order valence-electron chi connectivity index (χ4n) is 5.03. The van der Waals surface area contributed by atoms with Crippen LogP contribution in [0, 0.1) is 5.41 Å². The number of halogens is 1. The van der Waals surface area contributed by atoms with Crippen LogP contribution >= 0.6 is 11.6 Å². The van der Waals surface area contributed by atoms with Gasteiger partial charge < -0.3 is 15.0 Å². The monoisotopic (exact) mass is 531 g/mol. The molecule has 2 aliphatic heterocycles. The van der Waals surface area contributed by atoms with Gasteiger partial charge in [0.1, 0.15) is 24.0 Å². The average molecular weight is 532 g/mol. The highest BCUT2D eigenvalue weighted by atomic mass is 35.5. The standard InChI is InChI=1S/C25H34ClN7O4/c1-24(2,3)37-23(36)32-12-10-25(4,5)20(32)22(35)31-11-6-7-19(31)21(34)27-14-16-13-17(26)8-9-18(16)33-15-28-29-30-33/h8-9,13,15,19-20H,6-7,10-12,14H2,1-5H3,(H,27,34)/t19-,20+/m0/s1. The maximum Gasteiger partial charge on any atom is 0.410 e. The molecule has 2 aromatic rings. The number of hydrogen-bond donors (Lipinski definition) is 1. The van der Waals surface area contributed by atoms with Crippen LogP contribution in [0.15, 0.2) is 24.5 Å². The first-order valence-electron chi connectivity index (χ1n) is 12.5. The van der Waals surface area contributed by atoms with Crippen LogP contribution in [0.5, 0.6) is 0 Å². The van der Waals surface area contributed by atoms with E-state index in [0.29, 0.717) is 43.1 Å². The van der Waals surface area contributed by atoms with Gasteiger partial charge in [-0.05, 0) is 79.6 Å². The number of nitrogens with one attached hydrogen (secondary N) is 1. The highest BCUT2D eigenvalue weighted by molar-refractivity contribution is 6.30. The molecule has 0 radical (unpaired) electrons. The number of ether oxygens (including phenoxy) is 1. The molecule has 4 rings (SSSR count). The zero-order chi connectivity index (χ0) is 27.0. The molecule has 1 aromatic heterocycles. The van der Waals surface area contributed by atoms with Gasteiger partial charge in [0, 0.05) is 24.7 Å². The molecule has 3 amide bonds. The molecule has 1 N–H and O–H groups in total. The number of aromatic nitrogens is 4. The van der Waals surface area contributed by atoms with Gasteiger partial charge in [0.25, 0.3) is 0 Å². The van der Waals surface area contributed by atoms with Crippen molar-refractivity contribution in [2.45, 2.75) is 78.1 Å². The average Bonchev–Trinajstić information content (AvgIpc) is 3.55. The number of hydrogen-bond acceptors (Lipinski definition) is 7. The van der Waals surface area contributed by atoms with Gasteiger partial charge in [-0.15, -0.1) is 5.10 Å². The normalized spacial score (nSPS) is 21.2. The number of nitrogens with zero attached hydrogens (tertiary/aromatic N) is 6. The molecule has 3 heterocycles. The van der Waals surface area contributed by atoms with E-state index in [4.69, 9.17) is 16.3 Å². The molecule has 2 atom stereocenters. The van der Waals surface area contributed by atoms with Gasteiger partial charge in [0.2, 0.25) is 11.8 Å². The Morgan fingerprint density at radius 1 is 1.19 bits per heavy atom. The van der Waals surface area contributed by atoms with Crippen molar-refractivity contribution in [1.82, 2.24) is 35.3 Å². The third-order valence-corrected chi connectivity index (χ3v) is 7.07. The smallest absolute Gasteiger partial charge is 0.410 e. The summed E-state index contributed by atoms with van der Waals surface area (Å²) in [7, 11) is 0. The highest BCUT2D eigenvalue weighted by Crippen LogP contribution is 2.39. The van der Waals surface area contributed by atoms with E-state index < -0.39 is 29.2 Å². The van der Waals surface area contributed by atoms with Gasteiger partial charge >= 0.3 is 6.09 Å². The minimum Gasteiger partial charge on any atom is -0.444 e. The molecule has 200 valence electrons. The van der Waals surface area contributed by atoms with Crippen LogP contribution in [-0.2, 0) is 20.9 Å². The number of benzene rings is 1. The van der Waals surface area contributed by atoms with Crippen molar-refractivity contribution < 1.29 is 19.1 Å². The molecule has 0 bridgehead atoms. The molecule has 37 heavy (non-hydrogen) atoms. The Bertz CT molecular complexity index is 1160. The predicted molar refractivity (Wildman–Crippen MR) is 136 cm³/mol. The molecular weight excluding hydrogens is 498 g/mol. The van der Waals surface area contributed by atoms with E-state index in [9.17, 15) is 14.4 Å². The Morgan fingerprint density at radius 2 is 1.95 bits per heavy atom. The lowest BCUT2D eigenvalue weighted by Gasteiger charge is -2.36. The third kappa shape index (κ3) is 5.87. The summed E-state index contributed by atoms with van der Waals surface area (Å²) in [4.78, 5) is 43.2. The van der Waals surface area contributed by atoms with Crippen molar-refractivity contribution in [3.05, 3.63) is 35.1 Å². The summed E-state index contributed by atoms with van der Waals surface area (Å²) in [6, 6.07) is 3.92. The first-order valence-corrected chi connectivity index (χ1v) is 12.8. The van der Waals surface area contributed by atoms with E-state index in [-0.39, 0.29) is 18.4 Å². The van der Waals surface area contributed by atoms with Crippen LogP contribution in [0.4, 0.5) is 4.79 Å². The summed E-state index contributed by atoms with van der Waals surface area (Å²) >= 11 is 6.20. The quantitative estimate of drug-likeness (QED) is 0.629. The topological polar surface area (TPSA) is 123 Å². The van der Waals surface area contributed by atoms with Gasteiger partial charge in [0.15, 0.2) is 0 Å². The summed E-state index contributed by atoms with van der Waals surface area (Å²) < 4.78 is 7.08. The second-order valence-corrected chi connectivity index (χ2v) is 11.7. The molecule has 2 aliphatic rings. The maximum atomic E-state index is 13.8. The zero-order valence-corrected chi connectivity index (χ0v) is 22.7. The van der Waals surface area contributed by atoms with Crippen molar-refractivity contribution >= 4 is 29.5 Å². The molecule has 0 spiro atoms. The fraction of sp³-hybridized carbons (Fsp3) is 0.600. The van der Waals surface area contributed by atoms with E-state index in [1.165, 1.54) is 15.9 Å². The van der Waals surface area contributed by atoms with Crippen molar-refractivity contribution in [3.63, 3.8) is 0 Å². The molecule has 0 aliphatic carbocycles. The Kier molecular flexibility index (Phi) is 7.45. The minimum absolute atomic E-state index is 0.187. The van der Waals surface area contributed by atoms with Gasteiger partial charge in [0.05, 0.1) is 5.69 Å². The van der Waals surface area contributed by atoms with Gasteiger partial charge in [-0.2, -0.15) is 0 Å². The first-order chi connectivity index (χ1) is 17.4. The van der Waals surface area contributed by atoms with Gasteiger partial charge in [-0.1, -0.05) is 25.4 Å². The zero-order valence-electron chi connectivity index (χ0n) is 21.9. The van der Waals surface area contributed by atoms with Crippen LogP contribution in [0.1, 0.15) is 59.4 Å². The van der Waals surface area contributed by atoms with Crippen LogP contribution < -0.4 is 5.32 Å². The van der Waals surface area contributed by atoms with Crippen molar-refractivity contribution in [2.24, 2.45) is 5.41 Å². The largest absolute Gasteiger partial charge is 0.444 e. The lowest BCUT2D eigenvalue weighted by Crippen LogP contribution is -2.56. The number of carbonyl (C=O) groups excluding carboxylic acids is 3. The lowest BCUT2D eigenvalue weighted by atomic mass is 9.84. The summed E-state index contributed by atoms with van der Waals surface area (Å²) in [6.07, 6.45) is 2.88. The van der Waals surface area contributed by atoms with E-state index in [0.717, 1.165) is 5.56 Å². The van der Waals surface area contributed by atoms with Crippen LogP contribution in [0.25, 0.3) is 5.69 Å². The fourth-order valence-corrected chi connectivity index (χ4v) is 5.23. The van der Waals surface area contributed by atoms with Crippen LogP contribution in [0.3, 0.4) is 0 Å². The number of tetrazole rings is 1. The second kappa shape index (κ2) is 10.3. The Balaban J connectivity index is 1.49. The Morgan fingerprint density at radius 3 is 2.62 bits per heavy atom. The number of amides is 3. The van der Waals surface area contributed by atoms with Crippen LogP contribution in [-0.4, -0.2) is 78.7 Å². The number of likely N-dealkylation sites (tertiary alicyclic amines) is 2. The van der Waals surface area contributed by atoms with E-state index >= 15 is 0 Å². The number of carbonyl (C=O) groups is 3. The van der Waals surface area contributed by atoms with Crippen molar-refractivity contribution in [2.75, 3.05) is 13.1 Å². The van der Waals surface area contributed by atoms with Crippen molar-refractivity contribution in [3.8, 4) is 5.69 Å². The van der Waals surface area contributed by atoms with Crippen molar-refractivity contribution in [1.29, 1.82) is 0 Å². The Labute approximate surface area is 221 Å². The summed E-state index contributed by atoms with van der Waals surface area (Å²) in [5.41, 5.74) is 0.306. The van der Waals surface area contributed by atoms with Crippen LogP contribution in [0.2, 0.25) is 5.02 Å². The van der Waals surface area contributed by atoms with E-state index in [2.05, 4.69) is 20.8 Å². The molecule has 0 saturated carbocycles. The molecule has 0 unspecified atom stereocenters. The molecule has 11 nitrogen and oxygen atoms in total. The second-order valence-electron chi connectivity index (χ2n) is 11.2. The predicted octanol–water partition coefficient (Wildman–Crippen LogP) is 2.96. The summed E-state index contributed by atoms with van der Waals surface area (Å²) in [5.74, 6) is -0.476. The molecule has 1 aromatic carbocycles. The summed E-state index contributed by atoms with van der Waals surface area (Å²) in [5, 5.41) is 14.7. The Hall–Kier alpha value is -3.21. The van der Waals surface area contributed by atoms with E-state index in [1.807, 2.05) is 13.8 Å². The molecule has 12 heteroatoms. The SMILES string of the molecule is CC(C)(C)OC(=O)N1CCC(C)(C)[C@H]1C(=O)N1CCC[C@H]1C(=O)NCc1cc(Cl)ccc1-n1cnnn1. The van der Waals surface area contributed by atoms with E-state index in [1.54, 1.807) is 43.9 Å². The highest BCUT2D eigenvalue weighted by Gasteiger charge is 2.51. The third-order valence-electron chi connectivity index (χ3n) is 6.84. The molecule has 2 saturated heterocycles. The maximum absolute atomic E-state index is 13.8. The summed E-state index contributed by atoms with van der Waals surface area (Å²) in [6.45, 7) is 10.4. The van der Waals surface area contributed by atoms with Gasteiger partial charge in [-0.3, -0.25) is 14.5 Å².